The molecule has 0 fully saturated rings. The van der Waals surface area contributed by atoms with E-state index in [1.54, 1.807) is 0 Å². The molecule has 0 spiro atoms. The van der Waals surface area contributed by atoms with Crippen LogP contribution in [0.25, 0.3) is 11.1 Å². The summed E-state index contributed by atoms with van der Waals surface area (Å²) >= 11 is 1.50. The van der Waals surface area contributed by atoms with E-state index in [4.69, 9.17) is 4.74 Å². The number of hydrogen-bond acceptors (Lipinski definition) is 5. The van der Waals surface area contributed by atoms with Crippen molar-refractivity contribution < 1.29 is 24.2 Å². The predicted molar refractivity (Wildman–Crippen MR) is 139 cm³/mol. The van der Waals surface area contributed by atoms with E-state index in [0.717, 1.165) is 27.8 Å². The number of carboxylic acid groups (broad SMARTS) is 1. The molecule has 0 saturated heterocycles. The van der Waals surface area contributed by atoms with Gasteiger partial charge in [-0.3, -0.25) is 4.79 Å². The molecule has 3 N–H and O–H groups in total. The highest BCUT2D eigenvalue weighted by atomic mass is 32.2. The zero-order valence-corrected chi connectivity index (χ0v) is 21.1. The lowest BCUT2D eigenvalue weighted by Gasteiger charge is -2.21. The average molecular weight is 497 g/mol. The van der Waals surface area contributed by atoms with Crippen LogP contribution in [-0.2, 0) is 14.3 Å². The minimum Gasteiger partial charge on any atom is -0.480 e. The predicted octanol–water partition coefficient (Wildman–Crippen LogP) is 4.57. The summed E-state index contributed by atoms with van der Waals surface area (Å²) in [6, 6.07) is 14.1. The van der Waals surface area contributed by atoms with E-state index in [-0.39, 0.29) is 18.9 Å². The maximum atomic E-state index is 12.9. The van der Waals surface area contributed by atoms with Crippen molar-refractivity contribution in [1.82, 2.24) is 10.6 Å². The maximum Gasteiger partial charge on any atom is 0.407 e. The molecule has 2 aromatic carbocycles. The molecule has 2 aromatic rings. The number of benzene rings is 2. The monoisotopic (exact) mass is 496 g/mol. The lowest BCUT2D eigenvalue weighted by Crippen LogP contribution is -2.51. The lowest BCUT2D eigenvalue weighted by atomic mass is 9.98. The summed E-state index contributed by atoms with van der Waals surface area (Å²) < 4.78 is 5.57. The Morgan fingerprint density at radius 2 is 1.60 bits per heavy atom. The van der Waals surface area contributed by atoms with Gasteiger partial charge in [-0.25, -0.2) is 9.59 Å². The van der Waals surface area contributed by atoms with Crippen molar-refractivity contribution in [3.63, 3.8) is 0 Å². The molecule has 0 radical (unpaired) electrons. The molecule has 0 heterocycles. The van der Waals surface area contributed by atoms with Crippen LogP contribution in [0.1, 0.15) is 43.7 Å². The molecule has 0 aliphatic heterocycles. The maximum absolute atomic E-state index is 12.9. The number of ether oxygens (including phenoxy) is 1. The van der Waals surface area contributed by atoms with Gasteiger partial charge in [0.05, 0.1) is 0 Å². The lowest BCUT2D eigenvalue weighted by molar-refractivity contribution is -0.142. The number of carbonyl (C=O) groups is 3. The first-order chi connectivity index (χ1) is 16.8. The summed E-state index contributed by atoms with van der Waals surface area (Å²) in [5.74, 6) is -1.16. The smallest absolute Gasteiger partial charge is 0.407 e. The molecule has 0 saturated carbocycles. The van der Waals surface area contributed by atoms with E-state index in [0.29, 0.717) is 12.2 Å². The van der Waals surface area contributed by atoms with E-state index in [1.807, 2.05) is 62.6 Å². The van der Waals surface area contributed by atoms with Crippen LogP contribution in [0.15, 0.2) is 60.2 Å². The number of carboxylic acids is 1. The van der Waals surface area contributed by atoms with E-state index >= 15 is 0 Å². The number of fused-ring (bicyclic) bond motifs is 3. The molecule has 1 aliphatic carbocycles. The molecule has 35 heavy (non-hydrogen) atoms. The molecular formula is C27H32N2O5S. The summed E-state index contributed by atoms with van der Waals surface area (Å²) in [5.41, 5.74) is 5.43. The van der Waals surface area contributed by atoms with Gasteiger partial charge in [-0.15, -0.1) is 0 Å². The summed E-state index contributed by atoms with van der Waals surface area (Å²) in [4.78, 5) is 37.2. The highest BCUT2D eigenvalue weighted by Gasteiger charge is 2.30. The van der Waals surface area contributed by atoms with Gasteiger partial charge in [-0.1, -0.05) is 60.2 Å². The van der Waals surface area contributed by atoms with Gasteiger partial charge in [0.2, 0.25) is 5.91 Å². The third-order valence-electron chi connectivity index (χ3n) is 5.94. The number of thioether (sulfide) groups is 1. The van der Waals surface area contributed by atoms with Gasteiger partial charge in [0.1, 0.15) is 18.7 Å². The summed E-state index contributed by atoms with van der Waals surface area (Å²) in [6.07, 6.45) is 3.50. The summed E-state index contributed by atoms with van der Waals surface area (Å²) in [6.45, 7) is 3.91. The zero-order chi connectivity index (χ0) is 25.4. The van der Waals surface area contributed by atoms with Gasteiger partial charge in [0.15, 0.2) is 0 Å². The number of amides is 2. The van der Waals surface area contributed by atoms with Crippen LogP contribution in [0.5, 0.6) is 0 Å². The summed E-state index contributed by atoms with van der Waals surface area (Å²) in [7, 11) is 0. The first-order valence-corrected chi connectivity index (χ1v) is 13.0. The van der Waals surface area contributed by atoms with Crippen LogP contribution < -0.4 is 10.6 Å². The molecular weight excluding hydrogens is 464 g/mol. The number of nitrogens with one attached hydrogen (secondary N) is 2. The van der Waals surface area contributed by atoms with Crippen molar-refractivity contribution in [3.05, 3.63) is 71.3 Å². The third kappa shape index (κ3) is 6.88. The molecule has 8 heteroatoms. The number of aliphatic carboxylic acids is 1. The Hall–Kier alpha value is -3.26. The molecule has 3 rings (SSSR count). The van der Waals surface area contributed by atoms with E-state index in [1.165, 1.54) is 11.8 Å². The fourth-order valence-electron chi connectivity index (χ4n) is 4.13. The molecule has 7 nitrogen and oxygen atoms in total. The SMILES string of the molecule is CSCC[C@H](NC(=O)C(CC=C(C)C)NC(=O)OCC1c2ccccc2-c2ccccc21)C(=O)O. The van der Waals surface area contributed by atoms with Crippen molar-refractivity contribution in [3.8, 4) is 11.1 Å². The molecule has 186 valence electrons. The Morgan fingerprint density at radius 3 is 2.14 bits per heavy atom. The number of carbonyl (C=O) groups excluding carboxylic acids is 2. The topological polar surface area (TPSA) is 105 Å². The van der Waals surface area contributed by atoms with Crippen molar-refractivity contribution in [2.45, 2.75) is 44.7 Å². The van der Waals surface area contributed by atoms with E-state index < -0.39 is 30.1 Å². The Kier molecular flexibility index (Phi) is 9.37. The van der Waals surface area contributed by atoms with Gasteiger partial charge < -0.3 is 20.5 Å². The van der Waals surface area contributed by atoms with Crippen molar-refractivity contribution in [2.24, 2.45) is 0 Å². The molecule has 1 aliphatic rings. The van der Waals surface area contributed by atoms with Crippen molar-refractivity contribution in [2.75, 3.05) is 18.6 Å². The molecule has 2 amide bonds. The highest BCUT2D eigenvalue weighted by molar-refractivity contribution is 7.98. The second-order valence-electron chi connectivity index (χ2n) is 8.72. The van der Waals surface area contributed by atoms with Crippen LogP contribution >= 0.6 is 11.8 Å². The van der Waals surface area contributed by atoms with Gasteiger partial charge in [-0.2, -0.15) is 11.8 Å². The highest BCUT2D eigenvalue weighted by Crippen LogP contribution is 2.44. The van der Waals surface area contributed by atoms with Crippen LogP contribution in [0.3, 0.4) is 0 Å². The molecule has 0 aromatic heterocycles. The Labute approximate surface area is 210 Å². The van der Waals surface area contributed by atoms with E-state index in [2.05, 4.69) is 22.8 Å². The average Bonchev–Trinajstić information content (AvgIpc) is 3.16. The first-order valence-electron chi connectivity index (χ1n) is 11.6. The number of hydrogen-bond donors (Lipinski definition) is 3. The van der Waals surface area contributed by atoms with Crippen molar-refractivity contribution >= 4 is 29.7 Å². The largest absolute Gasteiger partial charge is 0.480 e. The minimum atomic E-state index is -1.10. The fourth-order valence-corrected chi connectivity index (χ4v) is 4.60. The van der Waals surface area contributed by atoms with E-state index in [9.17, 15) is 19.5 Å². The first kappa shape index (κ1) is 26.3. The normalized spacial score (nSPS) is 13.7. The van der Waals surface area contributed by atoms with Crippen LogP contribution in [0.2, 0.25) is 0 Å². The summed E-state index contributed by atoms with van der Waals surface area (Å²) in [5, 5.41) is 14.6. The molecule has 2 atom stereocenters. The Bertz CT molecular complexity index is 1050. The number of alkyl carbamates (subject to hydrolysis) is 1. The zero-order valence-electron chi connectivity index (χ0n) is 20.2. The second kappa shape index (κ2) is 12.4. The quantitative estimate of drug-likeness (QED) is 0.394. The van der Waals surface area contributed by atoms with Gasteiger partial charge >= 0.3 is 12.1 Å². The number of rotatable bonds is 11. The van der Waals surface area contributed by atoms with Crippen molar-refractivity contribution in [1.29, 1.82) is 0 Å². The van der Waals surface area contributed by atoms with Gasteiger partial charge in [-0.05, 0) is 61.0 Å². The number of allylic oxidation sites excluding steroid dienone is 1. The Balaban J connectivity index is 1.67. The van der Waals surface area contributed by atoms with Crippen LogP contribution in [-0.4, -0.2) is 53.8 Å². The molecule has 1 unspecified atom stereocenters. The Morgan fingerprint density at radius 1 is 1.00 bits per heavy atom. The van der Waals surface area contributed by atoms with Crippen LogP contribution in [0, 0.1) is 0 Å². The molecule has 0 bridgehead atoms. The standard InChI is InChI=1S/C27H32N2O5S/c1-17(2)12-13-23(25(30)28-24(26(31)32)14-15-35-3)29-27(33)34-16-22-20-10-6-4-8-18(20)19-9-5-7-11-21(19)22/h4-12,22-24H,13-16H2,1-3H3,(H,28,30)(H,29,33)(H,31,32)/t23?,24-/m0/s1. The fraction of sp³-hybridized carbons (Fsp3) is 0.370. The van der Waals surface area contributed by atoms with Crippen LogP contribution in [0.4, 0.5) is 4.79 Å². The minimum absolute atomic E-state index is 0.0962. The van der Waals surface area contributed by atoms with Gasteiger partial charge in [0, 0.05) is 5.92 Å². The second-order valence-corrected chi connectivity index (χ2v) is 9.71. The third-order valence-corrected chi connectivity index (χ3v) is 6.58. The van der Waals surface area contributed by atoms with Gasteiger partial charge in [0.25, 0.3) is 0 Å².